The van der Waals surface area contributed by atoms with E-state index in [4.69, 9.17) is 16.7 Å². The molecule has 1 aromatic rings. The summed E-state index contributed by atoms with van der Waals surface area (Å²) in [6.07, 6.45) is -3.37. The fourth-order valence-corrected chi connectivity index (χ4v) is 1.54. The Kier molecular flexibility index (Phi) is 4.00. The van der Waals surface area contributed by atoms with Crippen molar-refractivity contribution >= 4 is 17.6 Å². The number of H-pyrrole nitrogens is 1. The van der Waals surface area contributed by atoms with Crippen molar-refractivity contribution in [2.24, 2.45) is 0 Å². The topological polar surface area (TPSA) is 70.2 Å². The number of aliphatic carboxylic acids is 1. The van der Waals surface area contributed by atoms with Crippen molar-refractivity contribution in [1.82, 2.24) is 4.98 Å². The third-order valence-electron chi connectivity index (χ3n) is 1.96. The van der Waals surface area contributed by atoms with Crippen LogP contribution < -0.4 is 5.56 Å². The molecule has 1 rings (SSSR count). The van der Waals surface area contributed by atoms with E-state index in [1.54, 1.807) is 0 Å². The molecule has 0 atom stereocenters. The quantitative estimate of drug-likeness (QED) is 0.800. The molecule has 1 aromatic heterocycles. The zero-order valence-electron chi connectivity index (χ0n) is 7.97. The minimum absolute atomic E-state index is 0.00784. The first-order valence-corrected chi connectivity index (χ1v) is 4.80. The molecule has 0 bridgehead atoms. The van der Waals surface area contributed by atoms with E-state index in [1.807, 2.05) is 4.98 Å². The molecule has 0 saturated carbocycles. The summed E-state index contributed by atoms with van der Waals surface area (Å²) >= 11 is 5.45. The van der Waals surface area contributed by atoms with Crippen molar-refractivity contribution in [1.29, 1.82) is 0 Å². The van der Waals surface area contributed by atoms with Crippen LogP contribution in [0.1, 0.15) is 23.2 Å². The molecule has 0 unspecified atom stereocenters. The molecule has 0 spiro atoms. The normalized spacial score (nSPS) is 10.8. The fraction of sp³-hybridized carbons (Fsp3) is 0.333. The largest absolute Gasteiger partial charge is 0.481 e. The zero-order chi connectivity index (χ0) is 12.3. The highest BCUT2D eigenvalue weighted by Gasteiger charge is 2.16. The lowest BCUT2D eigenvalue weighted by Crippen LogP contribution is -2.18. The van der Waals surface area contributed by atoms with Crippen LogP contribution >= 0.6 is 11.6 Å². The molecular weight excluding hydrogens is 244 g/mol. The number of nitrogens with one attached hydrogen (secondary N) is 1. The Balaban J connectivity index is 3.30. The molecule has 0 aromatic carbocycles. The maximum absolute atomic E-state index is 12.3. The van der Waals surface area contributed by atoms with Crippen LogP contribution in [0.3, 0.4) is 0 Å². The van der Waals surface area contributed by atoms with E-state index in [-0.39, 0.29) is 17.0 Å². The van der Waals surface area contributed by atoms with Gasteiger partial charge in [-0.05, 0) is 11.6 Å². The van der Waals surface area contributed by atoms with Gasteiger partial charge in [-0.3, -0.25) is 9.59 Å². The van der Waals surface area contributed by atoms with Gasteiger partial charge < -0.3 is 10.1 Å². The number of rotatable bonds is 4. The number of alkyl halides is 3. The van der Waals surface area contributed by atoms with Crippen molar-refractivity contribution in [2.45, 2.75) is 18.7 Å². The van der Waals surface area contributed by atoms with E-state index in [0.717, 1.165) is 6.07 Å². The lowest BCUT2D eigenvalue weighted by Gasteiger charge is -2.07. The first-order chi connectivity index (χ1) is 7.45. The second kappa shape index (κ2) is 5.07. The van der Waals surface area contributed by atoms with Crippen LogP contribution in [0, 0.1) is 0 Å². The van der Waals surface area contributed by atoms with Crippen molar-refractivity contribution in [2.75, 3.05) is 0 Å². The van der Waals surface area contributed by atoms with E-state index >= 15 is 0 Å². The summed E-state index contributed by atoms with van der Waals surface area (Å²) in [4.78, 5) is 23.8. The first-order valence-electron chi connectivity index (χ1n) is 4.26. The van der Waals surface area contributed by atoms with Gasteiger partial charge in [0.2, 0.25) is 0 Å². The highest BCUT2D eigenvalue weighted by atomic mass is 35.5. The Bertz CT molecular complexity index is 459. The molecule has 2 N–H and O–H groups in total. The van der Waals surface area contributed by atoms with Crippen molar-refractivity contribution in [3.63, 3.8) is 0 Å². The monoisotopic (exact) mass is 251 g/mol. The fourth-order valence-electron chi connectivity index (χ4n) is 1.25. The third-order valence-corrected chi connectivity index (χ3v) is 2.23. The lowest BCUT2D eigenvalue weighted by atomic mass is 10.1. The van der Waals surface area contributed by atoms with Gasteiger partial charge in [0.15, 0.2) is 0 Å². The summed E-state index contributed by atoms with van der Waals surface area (Å²) < 4.78 is 24.7. The smallest absolute Gasteiger partial charge is 0.307 e. The minimum atomic E-state index is -2.86. The van der Waals surface area contributed by atoms with Gasteiger partial charge in [0.25, 0.3) is 12.0 Å². The summed E-state index contributed by atoms with van der Waals surface area (Å²) in [5, 5.41) is 8.56. The number of carboxylic acids is 1. The van der Waals surface area contributed by atoms with Crippen LogP contribution in [0.2, 0.25) is 0 Å². The standard InChI is InChI=1S/C9H8ClF2NO3/c10-3-5-4(2-7(14)15)1-6(8(11)12)13-9(5)16/h1,8H,2-3H2,(H,13,16)(H,14,15). The first kappa shape index (κ1) is 12.6. The van der Waals surface area contributed by atoms with Crippen LogP contribution in [0.25, 0.3) is 0 Å². The van der Waals surface area contributed by atoms with Gasteiger partial charge in [0.1, 0.15) is 0 Å². The van der Waals surface area contributed by atoms with E-state index in [0.29, 0.717) is 0 Å². The molecule has 0 fully saturated rings. The van der Waals surface area contributed by atoms with E-state index in [9.17, 15) is 18.4 Å². The molecule has 0 saturated heterocycles. The second-order valence-corrected chi connectivity index (χ2v) is 3.33. The molecule has 88 valence electrons. The SMILES string of the molecule is O=C(O)Cc1cc(C(F)F)[nH]c(=O)c1CCl. The number of aromatic nitrogens is 1. The summed E-state index contributed by atoms with van der Waals surface area (Å²) in [5.41, 5.74) is -1.35. The Morgan fingerprint density at radius 3 is 2.62 bits per heavy atom. The number of halogens is 3. The molecule has 0 aliphatic rings. The Morgan fingerprint density at radius 2 is 2.19 bits per heavy atom. The number of pyridine rings is 1. The minimum Gasteiger partial charge on any atom is -0.481 e. The third kappa shape index (κ3) is 2.79. The van der Waals surface area contributed by atoms with Crippen LogP contribution in [-0.4, -0.2) is 16.1 Å². The van der Waals surface area contributed by atoms with Crippen molar-refractivity contribution in [3.05, 3.63) is 33.2 Å². The average Bonchev–Trinajstić information content (AvgIpc) is 2.16. The van der Waals surface area contributed by atoms with E-state index in [2.05, 4.69) is 0 Å². The zero-order valence-corrected chi connectivity index (χ0v) is 8.72. The molecule has 1 heterocycles. The van der Waals surface area contributed by atoms with Crippen LogP contribution in [-0.2, 0) is 17.1 Å². The summed E-state index contributed by atoms with van der Waals surface area (Å²) in [5.74, 6) is -1.43. The maximum Gasteiger partial charge on any atom is 0.307 e. The predicted molar refractivity (Wildman–Crippen MR) is 52.9 cm³/mol. The van der Waals surface area contributed by atoms with E-state index in [1.165, 1.54) is 0 Å². The highest BCUT2D eigenvalue weighted by Crippen LogP contribution is 2.18. The maximum atomic E-state index is 12.3. The highest BCUT2D eigenvalue weighted by molar-refractivity contribution is 6.17. The molecule has 7 heteroatoms. The molecule has 0 aliphatic heterocycles. The predicted octanol–water partition coefficient (Wildman–Crippen LogP) is 1.68. The molecule has 4 nitrogen and oxygen atoms in total. The van der Waals surface area contributed by atoms with Crippen LogP contribution in [0.5, 0.6) is 0 Å². The van der Waals surface area contributed by atoms with Crippen LogP contribution in [0.15, 0.2) is 10.9 Å². The number of carboxylic acid groups (broad SMARTS) is 1. The van der Waals surface area contributed by atoms with Gasteiger partial charge in [-0.1, -0.05) is 0 Å². The Labute approximate surface area is 93.9 Å². The van der Waals surface area contributed by atoms with Gasteiger partial charge >= 0.3 is 5.97 Å². The second-order valence-electron chi connectivity index (χ2n) is 3.06. The molecule has 16 heavy (non-hydrogen) atoms. The van der Waals surface area contributed by atoms with Gasteiger partial charge in [0.05, 0.1) is 18.0 Å². The number of hydrogen-bond acceptors (Lipinski definition) is 2. The van der Waals surface area contributed by atoms with Crippen LogP contribution in [0.4, 0.5) is 8.78 Å². The average molecular weight is 252 g/mol. The van der Waals surface area contributed by atoms with Gasteiger partial charge in [-0.25, -0.2) is 8.78 Å². The van der Waals surface area contributed by atoms with Crippen molar-refractivity contribution < 1.29 is 18.7 Å². The molecule has 0 aliphatic carbocycles. The van der Waals surface area contributed by atoms with Gasteiger partial charge in [-0.2, -0.15) is 0 Å². The van der Waals surface area contributed by atoms with Crippen molar-refractivity contribution in [3.8, 4) is 0 Å². The molecule has 0 radical (unpaired) electrons. The molecular formula is C9H8ClF2NO3. The number of hydrogen-bond donors (Lipinski definition) is 2. The van der Waals surface area contributed by atoms with Gasteiger partial charge in [-0.15, -0.1) is 11.6 Å². The summed E-state index contributed by atoms with van der Waals surface area (Å²) in [6, 6.07) is 0.956. The Hall–Kier alpha value is -1.43. The Morgan fingerprint density at radius 1 is 1.56 bits per heavy atom. The number of carbonyl (C=O) groups is 1. The molecule has 0 amide bonds. The van der Waals surface area contributed by atoms with E-state index < -0.39 is 30.1 Å². The summed E-state index contributed by atoms with van der Waals surface area (Å²) in [6.45, 7) is 0. The summed E-state index contributed by atoms with van der Waals surface area (Å²) in [7, 11) is 0. The van der Waals surface area contributed by atoms with Gasteiger partial charge in [0, 0.05) is 5.56 Å². The number of aromatic amines is 1. The lowest BCUT2D eigenvalue weighted by molar-refractivity contribution is -0.136.